The van der Waals surface area contributed by atoms with Gasteiger partial charge in [-0.3, -0.25) is 4.79 Å². The Morgan fingerprint density at radius 1 is 1.33 bits per heavy atom. The van der Waals surface area contributed by atoms with Crippen LogP contribution < -0.4 is 5.32 Å². The van der Waals surface area contributed by atoms with E-state index < -0.39 is 5.97 Å². The van der Waals surface area contributed by atoms with Gasteiger partial charge in [-0.05, 0) is 53.7 Å². The zero-order valence-corrected chi connectivity index (χ0v) is 13.2. The van der Waals surface area contributed by atoms with Crippen molar-refractivity contribution in [2.75, 3.05) is 12.4 Å². The van der Waals surface area contributed by atoms with Crippen molar-refractivity contribution in [3.63, 3.8) is 0 Å². The molecule has 21 heavy (non-hydrogen) atoms. The van der Waals surface area contributed by atoms with Gasteiger partial charge in [-0.2, -0.15) is 0 Å². The number of halogens is 1. The van der Waals surface area contributed by atoms with Crippen LogP contribution in [0.2, 0.25) is 0 Å². The van der Waals surface area contributed by atoms with Gasteiger partial charge in [-0.25, -0.2) is 9.78 Å². The number of hydrogen-bond acceptors (Lipinski definition) is 5. The van der Waals surface area contributed by atoms with Crippen molar-refractivity contribution in [3.8, 4) is 0 Å². The summed E-state index contributed by atoms with van der Waals surface area (Å²) in [5.74, 6) is -0.873. The number of carboxylic acids is 1. The van der Waals surface area contributed by atoms with Crippen LogP contribution in [0, 0.1) is 5.92 Å². The van der Waals surface area contributed by atoms with Gasteiger partial charge in [0.1, 0.15) is 16.0 Å². The summed E-state index contributed by atoms with van der Waals surface area (Å²) in [5.41, 5.74) is 0.147. The molecule has 0 spiro atoms. The van der Waals surface area contributed by atoms with E-state index in [-0.39, 0.29) is 23.5 Å². The molecule has 1 saturated carbocycles. The SMILES string of the molecule is COC(=O)C1CCC(Nc2nc(Br)ccc2C(=O)O)CC1. The lowest BCUT2D eigenvalue weighted by atomic mass is 9.86. The Kier molecular flexibility index (Phi) is 5.17. The van der Waals surface area contributed by atoms with Crippen molar-refractivity contribution in [1.29, 1.82) is 0 Å². The lowest BCUT2D eigenvalue weighted by molar-refractivity contribution is -0.146. The number of hydrogen-bond donors (Lipinski definition) is 2. The normalized spacial score (nSPS) is 21.6. The molecule has 0 atom stereocenters. The summed E-state index contributed by atoms with van der Waals surface area (Å²) in [6.45, 7) is 0. The topological polar surface area (TPSA) is 88.5 Å². The summed E-state index contributed by atoms with van der Waals surface area (Å²) in [7, 11) is 1.40. The Labute approximate surface area is 131 Å². The number of rotatable bonds is 4. The van der Waals surface area contributed by atoms with E-state index in [1.165, 1.54) is 13.2 Å². The van der Waals surface area contributed by atoms with E-state index in [2.05, 4.69) is 26.2 Å². The first-order chi connectivity index (χ1) is 10.0. The van der Waals surface area contributed by atoms with E-state index >= 15 is 0 Å². The highest BCUT2D eigenvalue weighted by molar-refractivity contribution is 9.10. The van der Waals surface area contributed by atoms with Crippen molar-refractivity contribution in [3.05, 3.63) is 22.3 Å². The third kappa shape index (κ3) is 3.93. The van der Waals surface area contributed by atoms with E-state index in [1.54, 1.807) is 6.07 Å². The first kappa shape index (κ1) is 15.8. The molecule has 1 aromatic rings. The molecular weight excluding hydrogens is 340 g/mol. The highest BCUT2D eigenvalue weighted by Crippen LogP contribution is 2.28. The first-order valence-electron chi connectivity index (χ1n) is 6.75. The number of nitrogens with zero attached hydrogens (tertiary/aromatic N) is 1. The quantitative estimate of drug-likeness (QED) is 0.636. The minimum Gasteiger partial charge on any atom is -0.478 e. The predicted octanol–water partition coefficient (Wildman–Crippen LogP) is 2.69. The summed E-state index contributed by atoms with van der Waals surface area (Å²) in [6.07, 6.45) is 3.04. The zero-order valence-electron chi connectivity index (χ0n) is 11.6. The van der Waals surface area contributed by atoms with Crippen LogP contribution in [-0.2, 0) is 9.53 Å². The van der Waals surface area contributed by atoms with Gasteiger partial charge >= 0.3 is 11.9 Å². The van der Waals surface area contributed by atoms with E-state index in [4.69, 9.17) is 4.74 Å². The maximum Gasteiger partial charge on any atom is 0.339 e. The lowest BCUT2D eigenvalue weighted by Gasteiger charge is -2.28. The Balaban J connectivity index is 2.02. The van der Waals surface area contributed by atoms with Crippen LogP contribution in [0.15, 0.2) is 16.7 Å². The molecule has 6 nitrogen and oxygen atoms in total. The van der Waals surface area contributed by atoms with Gasteiger partial charge < -0.3 is 15.2 Å². The molecule has 0 aliphatic heterocycles. The summed E-state index contributed by atoms with van der Waals surface area (Å²) in [6, 6.07) is 3.23. The molecule has 0 unspecified atom stereocenters. The molecule has 0 aromatic carbocycles. The largest absolute Gasteiger partial charge is 0.478 e. The lowest BCUT2D eigenvalue weighted by Crippen LogP contribution is -2.30. The van der Waals surface area contributed by atoms with E-state index in [0.29, 0.717) is 10.4 Å². The zero-order chi connectivity index (χ0) is 15.4. The molecule has 1 aromatic heterocycles. The summed E-state index contributed by atoms with van der Waals surface area (Å²) in [4.78, 5) is 26.9. The van der Waals surface area contributed by atoms with Gasteiger partial charge in [0.2, 0.25) is 0 Å². The Hall–Kier alpha value is -1.63. The minimum atomic E-state index is -1.01. The summed E-state index contributed by atoms with van der Waals surface area (Å²) < 4.78 is 5.34. The van der Waals surface area contributed by atoms with Gasteiger partial charge in [0.25, 0.3) is 0 Å². The molecule has 1 aliphatic carbocycles. The van der Waals surface area contributed by atoms with Gasteiger partial charge in [-0.15, -0.1) is 0 Å². The van der Waals surface area contributed by atoms with Crippen LogP contribution in [0.4, 0.5) is 5.82 Å². The third-order valence-corrected chi connectivity index (χ3v) is 4.14. The fraction of sp³-hybridized carbons (Fsp3) is 0.500. The predicted molar refractivity (Wildman–Crippen MR) is 80.3 cm³/mol. The molecule has 0 saturated heterocycles. The number of esters is 1. The molecule has 114 valence electrons. The van der Waals surface area contributed by atoms with E-state index in [9.17, 15) is 14.7 Å². The number of nitrogens with one attached hydrogen (secondary N) is 1. The van der Waals surface area contributed by atoms with Crippen LogP contribution in [0.1, 0.15) is 36.0 Å². The van der Waals surface area contributed by atoms with Gasteiger partial charge in [0.15, 0.2) is 0 Å². The van der Waals surface area contributed by atoms with Gasteiger partial charge in [0, 0.05) is 6.04 Å². The van der Waals surface area contributed by atoms with E-state index in [0.717, 1.165) is 25.7 Å². The molecule has 0 amide bonds. The third-order valence-electron chi connectivity index (χ3n) is 3.69. The van der Waals surface area contributed by atoms with Crippen molar-refractivity contribution in [1.82, 2.24) is 4.98 Å². The maximum atomic E-state index is 11.5. The van der Waals surface area contributed by atoms with Crippen molar-refractivity contribution in [2.24, 2.45) is 5.92 Å². The molecule has 1 aliphatic rings. The number of ether oxygens (including phenoxy) is 1. The number of anilines is 1. The fourth-order valence-electron chi connectivity index (χ4n) is 2.55. The first-order valence-corrected chi connectivity index (χ1v) is 7.54. The summed E-state index contributed by atoms with van der Waals surface area (Å²) >= 11 is 3.24. The number of aromatic carboxylic acids is 1. The Morgan fingerprint density at radius 2 is 2.00 bits per heavy atom. The second-order valence-corrected chi connectivity index (χ2v) is 5.86. The molecule has 0 bridgehead atoms. The second-order valence-electron chi connectivity index (χ2n) is 5.05. The molecule has 0 radical (unpaired) electrons. The number of methoxy groups -OCH3 is 1. The summed E-state index contributed by atoms with van der Waals surface area (Å²) in [5, 5.41) is 12.4. The monoisotopic (exact) mass is 356 g/mol. The molecule has 2 N–H and O–H groups in total. The van der Waals surface area contributed by atoms with Gasteiger partial charge in [0.05, 0.1) is 13.0 Å². The molecule has 1 heterocycles. The van der Waals surface area contributed by atoms with E-state index in [1.807, 2.05) is 0 Å². The van der Waals surface area contributed by atoms with Crippen LogP contribution in [0.3, 0.4) is 0 Å². The maximum absolute atomic E-state index is 11.5. The molecular formula is C14H17BrN2O4. The standard InChI is InChI=1S/C14H17BrN2O4/c1-21-14(20)8-2-4-9(5-3-8)16-12-10(13(18)19)6-7-11(15)17-12/h6-9H,2-5H2,1H3,(H,16,17)(H,18,19). The Bertz CT molecular complexity index is 542. The van der Waals surface area contributed by atoms with Crippen LogP contribution in [-0.4, -0.2) is 35.2 Å². The number of pyridine rings is 1. The fourth-order valence-corrected chi connectivity index (χ4v) is 2.86. The smallest absolute Gasteiger partial charge is 0.339 e. The van der Waals surface area contributed by atoms with Crippen molar-refractivity contribution < 1.29 is 19.4 Å². The van der Waals surface area contributed by atoms with Gasteiger partial charge in [-0.1, -0.05) is 0 Å². The Morgan fingerprint density at radius 3 is 2.57 bits per heavy atom. The molecule has 7 heteroatoms. The van der Waals surface area contributed by atoms with Crippen LogP contribution >= 0.6 is 15.9 Å². The highest BCUT2D eigenvalue weighted by Gasteiger charge is 2.27. The van der Waals surface area contributed by atoms with Crippen molar-refractivity contribution in [2.45, 2.75) is 31.7 Å². The molecule has 1 fully saturated rings. The van der Waals surface area contributed by atoms with Crippen molar-refractivity contribution >= 4 is 33.7 Å². The average Bonchev–Trinajstić information content (AvgIpc) is 2.47. The van der Waals surface area contributed by atoms with Crippen LogP contribution in [0.25, 0.3) is 0 Å². The van der Waals surface area contributed by atoms with Crippen LogP contribution in [0.5, 0.6) is 0 Å². The molecule has 2 rings (SSSR count). The number of carbonyl (C=O) groups excluding carboxylic acids is 1. The average molecular weight is 357 g/mol. The number of carbonyl (C=O) groups is 2. The highest BCUT2D eigenvalue weighted by atomic mass is 79.9. The number of aromatic nitrogens is 1. The number of carboxylic acid groups (broad SMARTS) is 1. The minimum absolute atomic E-state index is 0.0533. The second kappa shape index (κ2) is 6.89.